The van der Waals surface area contributed by atoms with Gasteiger partial charge in [-0.2, -0.15) is 11.8 Å². The van der Waals surface area contributed by atoms with E-state index in [2.05, 4.69) is 5.32 Å². The Kier molecular flexibility index (Phi) is 5.86. The molecule has 0 aliphatic carbocycles. The van der Waals surface area contributed by atoms with Gasteiger partial charge in [0.05, 0.1) is 22.1 Å². The molecule has 0 saturated heterocycles. The van der Waals surface area contributed by atoms with Crippen LogP contribution in [0.25, 0.3) is 21.1 Å². The maximum absolute atomic E-state index is 12.7. The van der Waals surface area contributed by atoms with Gasteiger partial charge in [0.25, 0.3) is 5.91 Å². The predicted molar refractivity (Wildman–Crippen MR) is 109 cm³/mol. The van der Waals surface area contributed by atoms with E-state index in [0.29, 0.717) is 32.7 Å². The second kappa shape index (κ2) is 8.14. The molecule has 1 amide bonds. The first-order chi connectivity index (χ1) is 12.9. The topological polar surface area (TPSA) is 85.6 Å². The molecule has 6 nitrogen and oxygen atoms in total. The van der Waals surface area contributed by atoms with Gasteiger partial charge in [-0.05, 0) is 43.6 Å². The Bertz CT molecular complexity index is 1070. The summed E-state index contributed by atoms with van der Waals surface area (Å²) in [5, 5.41) is 3.86. The van der Waals surface area contributed by atoms with Crippen molar-refractivity contribution in [1.29, 1.82) is 0 Å². The highest BCUT2D eigenvalue weighted by Gasteiger charge is 2.23. The molecule has 8 heteroatoms. The lowest BCUT2D eigenvalue weighted by molar-refractivity contribution is -0.142. The van der Waals surface area contributed by atoms with E-state index in [0.717, 1.165) is 10.9 Å². The highest BCUT2D eigenvalue weighted by atomic mass is 32.2. The monoisotopic (exact) mass is 405 g/mol. The Morgan fingerprint density at radius 1 is 1.30 bits per heavy atom. The first kappa shape index (κ1) is 19.4. The van der Waals surface area contributed by atoms with Crippen LogP contribution >= 0.6 is 23.1 Å². The van der Waals surface area contributed by atoms with Gasteiger partial charge in [0.1, 0.15) is 11.6 Å². The second-order valence-electron chi connectivity index (χ2n) is 6.07. The maximum atomic E-state index is 12.7. The van der Waals surface area contributed by atoms with E-state index in [9.17, 15) is 14.4 Å². The normalized spacial score (nSPS) is 12.3. The van der Waals surface area contributed by atoms with Crippen molar-refractivity contribution in [2.24, 2.45) is 0 Å². The van der Waals surface area contributed by atoms with E-state index in [-0.39, 0.29) is 0 Å². The molecule has 0 bridgehead atoms. The smallest absolute Gasteiger partial charge is 0.345 e. The van der Waals surface area contributed by atoms with Crippen molar-refractivity contribution >= 4 is 56.0 Å². The van der Waals surface area contributed by atoms with Crippen LogP contribution in [0.15, 0.2) is 33.5 Å². The molecule has 2 heterocycles. The minimum atomic E-state index is -0.726. The molecule has 1 aromatic carbocycles. The predicted octanol–water partition coefficient (Wildman–Crippen LogP) is 3.34. The summed E-state index contributed by atoms with van der Waals surface area (Å²) in [4.78, 5) is 37.2. The number of thiophene rings is 1. The van der Waals surface area contributed by atoms with E-state index < -0.39 is 23.5 Å². The summed E-state index contributed by atoms with van der Waals surface area (Å²) in [6.45, 7) is 1.95. The lowest BCUT2D eigenvalue weighted by atomic mass is 10.1. The fourth-order valence-corrected chi connectivity index (χ4v) is 4.32. The summed E-state index contributed by atoms with van der Waals surface area (Å²) in [5.74, 6) is -0.188. The fourth-order valence-electron chi connectivity index (χ4n) is 2.78. The van der Waals surface area contributed by atoms with Crippen molar-refractivity contribution in [3.8, 4) is 0 Å². The average molecular weight is 405 g/mol. The number of benzene rings is 1. The van der Waals surface area contributed by atoms with Gasteiger partial charge in [0.15, 0.2) is 0 Å². The molecule has 1 N–H and O–H groups in total. The quantitative estimate of drug-likeness (QED) is 0.500. The standard InChI is InChI=1S/C19H19NO5S2/c1-10-4-5-14-11(8-10)16-12(18(22)25-14)9-15(27-16)17(21)20-13(6-7-26-3)19(23)24-2/h4-5,8-9,13H,6-7H2,1-3H3,(H,20,21). The molecule has 142 valence electrons. The molecule has 1 atom stereocenters. The van der Waals surface area contributed by atoms with Crippen molar-refractivity contribution in [3.63, 3.8) is 0 Å². The number of carbonyl (C=O) groups excluding carboxylic acids is 2. The van der Waals surface area contributed by atoms with Crippen LogP contribution in [0, 0.1) is 6.92 Å². The number of nitrogens with one attached hydrogen (secondary N) is 1. The van der Waals surface area contributed by atoms with Crippen LogP contribution in [-0.4, -0.2) is 37.0 Å². The van der Waals surface area contributed by atoms with E-state index in [1.54, 1.807) is 17.8 Å². The maximum Gasteiger partial charge on any atom is 0.345 e. The largest absolute Gasteiger partial charge is 0.467 e. The molecule has 3 aromatic rings. The first-order valence-electron chi connectivity index (χ1n) is 8.29. The Balaban J connectivity index is 1.98. The number of hydrogen-bond acceptors (Lipinski definition) is 7. The van der Waals surface area contributed by atoms with E-state index >= 15 is 0 Å². The van der Waals surface area contributed by atoms with Crippen LogP contribution in [0.2, 0.25) is 0 Å². The van der Waals surface area contributed by atoms with Gasteiger partial charge >= 0.3 is 11.6 Å². The molecular weight excluding hydrogens is 386 g/mol. The number of aryl methyl sites for hydroxylation is 1. The Morgan fingerprint density at radius 3 is 2.78 bits per heavy atom. The third-order valence-electron chi connectivity index (χ3n) is 4.16. The highest BCUT2D eigenvalue weighted by molar-refractivity contribution is 7.98. The second-order valence-corrected chi connectivity index (χ2v) is 8.11. The number of rotatable bonds is 6. The van der Waals surface area contributed by atoms with E-state index in [1.807, 2.05) is 25.3 Å². The minimum Gasteiger partial charge on any atom is -0.467 e. The molecule has 1 unspecified atom stereocenters. The van der Waals surface area contributed by atoms with Gasteiger partial charge in [-0.1, -0.05) is 11.6 Å². The third kappa shape index (κ3) is 4.01. The number of esters is 1. The summed E-state index contributed by atoms with van der Waals surface area (Å²) >= 11 is 2.79. The molecule has 0 fully saturated rings. The first-order valence-corrected chi connectivity index (χ1v) is 10.5. The van der Waals surface area contributed by atoms with Crippen LogP contribution in [0.3, 0.4) is 0 Å². The highest BCUT2D eigenvalue weighted by Crippen LogP contribution is 2.31. The van der Waals surface area contributed by atoms with E-state index in [4.69, 9.17) is 9.15 Å². The van der Waals surface area contributed by atoms with Crippen LogP contribution in [0.5, 0.6) is 0 Å². The number of methoxy groups -OCH3 is 1. The lowest BCUT2D eigenvalue weighted by Crippen LogP contribution is -2.41. The molecule has 3 rings (SSSR count). The van der Waals surface area contributed by atoms with Crippen molar-refractivity contribution in [2.75, 3.05) is 19.1 Å². The molecule has 0 aliphatic heterocycles. The van der Waals surface area contributed by atoms with Crippen LogP contribution in [0.4, 0.5) is 0 Å². The molecular formula is C19H19NO5S2. The third-order valence-corrected chi connectivity index (χ3v) is 5.97. The molecule has 2 aromatic heterocycles. The lowest BCUT2D eigenvalue weighted by Gasteiger charge is -2.15. The summed E-state index contributed by atoms with van der Waals surface area (Å²) in [7, 11) is 1.29. The van der Waals surface area contributed by atoms with Gasteiger partial charge in [-0.3, -0.25) is 4.79 Å². The van der Waals surface area contributed by atoms with E-state index in [1.165, 1.54) is 24.5 Å². The van der Waals surface area contributed by atoms with Crippen LogP contribution in [-0.2, 0) is 9.53 Å². The SMILES string of the molecule is COC(=O)C(CCSC)NC(=O)c1cc2c(=O)oc3ccc(C)cc3c2s1. The van der Waals surface area contributed by atoms with Crippen LogP contribution < -0.4 is 10.9 Å². The van der Waals surface area contributed by atoms with Crippen LogP contribution in [0.1, 0.15) is 21.7 Å². The zero-order valence-corrected chi connectivity index (χ0v) is 16.8. The zero-order valence-electron chi connectivity index (χ0n) is 15.2. The number of fused-ring (bicyclic) bond motifs is 3. The molecule has 27 heavy (non-hydrogen) atoms. The number of hydrogen-bond donors (Lipinski definition) is 1. The Labute approximate surface area is 163 Å². The average Bonchev–Trinajstić information content (AvgIpc) is 3.11. The van der Waals surface area contributed by atoms with Gasteiger partial charge in [-0.15, -0.1) is 11.3 Å². The molecule has 0 aliphatic rings. The van der Waals surface area contributed by atoms with Crippen molar-refractivity contribution in [3.05, 3.63) is 45.1 Å². The van der Waals surface area contributed by atoms with Gasteiger partial charge in [0.2, 0.25) is 0 Å². The molecule has 0 radical (unpaired) electrons. The molecule has 0 saturated carbocycles. The van der Waals surface area contributed by atoms with Gasteiger partial charge in [0, 0.05) is 5.39 Å². The van der Waals surface area contributed by atoms with Crippen molar-refractivity contribution in [1.82, 2.24) is 5.32 Å². The van der Waals surface area contributed by atoms with Crippen molar-refractivity contribution < 1.29 is 18.7 Å². The number of ether oxygens (including phenoxy) is 1. The van der Waals surface area contributed by atoms with Crippen molar-refractivity contribution in [2.45, 2.75) is 19.4 Å². The molecule has 0 spiro atoms. The summed E-state index contributed by atoms with van der Waals surface area (Å²) in [6, 6.07) is 6.34. The number of thioether (sulfide) groups is 1. The minimum absolute atomic E-state index is 0.351. The summed E-state index contributed by atoms with van der Waals surface area (Å²) in [6.07, 6.45) is 2.39. The summed E-state index contributed by atoms with van der Waals surface area (Å²) < 4.78 is 10.8. The van der Waals surface area contributed by atoms with Gasteiger partial charge in [-0.25, -0.2) is 9.59 Å². The van der Waals surface area contributed by atoms with Gasteiger partial charge < -0.3 is 14.5 Å². The number of carbonyl (C=O) groups is 2. The zero-order chi connectivity index (χ0) is 19.6. The summed E-state index contributed by atoms with van der Waals surface area (Å²) in [5.41, 5.74) is 1.03. The Morgan fingerprint density at radius 2 is 2.07 bits per heavy atom. The fraction of sp³-hybridized carbons (Fsp3) is 0.316. The number of amides is 1. The Hall–Kier alpha value is -2.32.